The van der Waals surface area contributed by atoms with Gasteiger partial charge < -0.3 is 4.74 Å². The fourth-order valence-corrected chi connectivity index (χ4v) is 3.59. The predicted molar refractivity (Wildman–Crippen MR) is 100 cm³/mol. The van der Waals surface area contributed by atoms with Crippen molar-refractivity contribution in [2.45, 2.75) is 51.8 Å². The lowest BCUT2D eigenvalue weighted by Gasteiger charge is -2.36. The van der Waals surface area contributed by atoms with Gasteiger partial charge in [-0.15, -0.1) is 0 Å². The van der Waals surface area contributed by atoms with Crippen LogP contribution in [-0.4, -0.2) is 23.5 Å². The highest BCUT2D eigenvalue weighted by Crippen LogP contribution is 2.32. The SMILES string of the molecule is CC(C)OC(=O)c1ccccc1CN1CCCCC1c1ccccc1. The van der Waals surface area contributed by atoms with Gasteiger partial charge in [-0.2, -0.15) is 0 Å². The summed E-state index contributed by atoms with van der Waals surface area (Å²) < 4.78 is 5.42. The van der Waals surface area contributed by atoms with Crippen LogP contribution in [0, 0.1) is 0 Å². The predicted octanol–water partition coefficient (Wildman–Crippen LogP) is 4.98. The number of piperidine rings is 1. The van der Waals surface area contributed by atoms with E-state index >= 15 is 0 Å². The molecule has 0 bridgehead atoms. The molecule has 1 atom stereocenters. The van der Waals surface area contributed by atoms with E-state index in [1.54, 1.807) is 0 Å². The van der Waals surface area contributed by atoms with Crippen LogP contribution in [-0.2, 0) is 11.3 Å². The van der Waals surface area contributed by atoms with Crippen LogP contribution < -0.4 is 0 Å². The van der Waals surface area contributed by atoms with E-state index in [-0.39, 0.29) is 12.1 Å². The average Bonchev–Trinajstić information content (AvgIpc) is 2.63. The van der Waals surface area contributed by atoms with E-state index in [4.69, 9.17) is 4.74 Å². The van der Waals surface area contributed by atoms with E-state index < -0.39 is 0 Å². The highest BCUT2D eigenvalue weighted by Gasteiger charge is 2.25. The molecular formula is C22H27NO2. The monoisotopic (exact) mass is 337 g/mol. The number of carbonyl (C=O) groups excluding carboxylic acids is 1. The zero-order chi connectivity index (χ0) is 17.6. The highest BCUT2D eigenvalue weighted by molar-refractivity contribution is 5.91. The molecule has 0 saturated carbocycles. The van der Waals surface area contributed by atoms with Crippen LogP contribution >= 0.6 is 0 Å². The molecule has 3 nitrogen and oxygen atoms in total. The smallest absolute Gasteiger partial charge is 0.338 e. The molecule has 1 unspecified atom stereocenters. The lowest BCUT2D eigenvalue weighted by atomic mass is 9.94. The fourth-order valence-electron chi connectivity index (χ4n) is 3.59. The van der Waals surface area contributed by atoms with Crippen molar-refractivity contribution >= 4 is 5.97 Å². The van der Waals surface area contributed by atoms with Crippen molar-refractivity contribution in [3.63, 3.8) is 0 Å². The standard InChI is InChI=1S/C22H27NO2/c1-17(2)25-22(24)20-13-7-6-12-19(20)16-23-15-9-8-14-21(23)18-10-4-3-5-11-18/h3-7,10-13,17,21H,8-9,14-16H2,1-2H3. The Kier molecular flexibility index (Phi) is 5.87. The van der Waals surface area contributed by atoms with Crippen molar-refractivity contribution in [2.75, 3.05) is 6.54 Å². The summed E-state index contributed by atoms with van der Waals surface area (Å²) in [5, 5.41) is 0. The van der Waals surface area contributed by atoms with Crippen LogP contribution in [0.5, 0.6) is 0 Å². The van der Waals surface area contributed by atoms with Gasteiger partial charge in [0.05, 0.1) is 11.7 Å². The number of nitrogens with zero attached hydrogens (tertiary/aromatic N) is 1. The summed E-state index contributed by atoms with van der Waals surface area (Å²) in [5.74, 6) is -0.223. The first-order chi connectivity index (χ1) is 12.1. The summed E-state index contributed by atoms with van der Waals surface area (Å²) in [5.41, 5.74) is 3.11. The second kappa shape index (κ2) is 8.30. The summed E-state index contributed by atoms with van der Waals surface area (Å²) in [6, 6.07) is 19.0. The van der Waals surface area contributed by atoms with E-state index in [2.05, 4.69) is 35.2 Å². The summed E-state index contributed by atoms with van der Waals surface area (Å²) in [6.45, 7) is 5.61. The molecule has 1 heterocycles. The minimum absolute atomic E-state index is 0.104. The zero-order valence-corrected chi connectivity index (χ0v) is 15.2. The normalized spacial score (nSPS) is 18.3. The lowest BCUT2D eigenvalue weighted by molar-refractivity contribution is 0.0374. The van der Waals surface area contributed by atoms with Gasteiger partial charge in [0.25, 0.3) is 0 Å². The van der Waals surface area contributed by atoms with Crippen LogP contribution in [0.4, 0.5) is 0 Å². The molecule has 0 radical (unpaired) electrons. The van der Waals surface area contributed by atoms with Crippen molar-refractivity contribution in [1.29, 1.82) is 0 Å². The molecule has 0 aromatic heterocycles. The van der Waals surface area contributed by atoms with E-state index in [0.29, 0.717) is 11.6 Å². The number of esters is 1. The maximum atomic E-state index is 12.4. The van der Waals surface area contributed by atoms with E-state index in [9.17, 15) is 4.79 Å². The maximum absolute atomic E-state index is 12.4. The molecule has 25 heavy (non-hydrogen) atoms. The van der Waals surface area contributed by atoms with Crippen molar-refractivity contribution in [3.05, 3.63) is 71.3 Å². The molecule has 1 aliphatic heterocycles. The van der Waals surface area contributed by atoms with E-state index in [1.165, 1.54) is 24.8 Å². The van der Waals surface area contributed by atoms with Crippen LogP contribution in [0.15, 0.2) is 54.6 Å². The fraction of sp³-hybridized carbons (Fsp3) is 0.409. The number of ether oxygens (including phenoxy) is 1. The quantitative estimate of drug-likeness (QED) is 0.721. The Morgan fingerprint density at radius 3 is 2.56 bits per heavy atom. The molecule has 3 heteroatoms. The molecule has 1 saturated heterocycles. The second-order valence-corrected chi connectivity index (χ2v) is 7.00. The topological polar surface area (TPSA) is 29.5 Å². The highest BCUT2D eigenvalue weighted by atomic mass is 16.5. The summed E-state index contributed by atoms with van der Waals surface area (Å²) in [4.78, 5) is 14.9. The Morgan fingerprint density at radius 2 is 1.80 bits per heavy atom. The van der Waals surface area contributed by atoms with Gasteiger partial charge in [-0.1, -0.05) is 55.0 Å². The van der Waals surface area contributed by atoms with Gasteiger partial charge in [-0.25, -0.2) is 4.79 Å². The Hall–Kier alpha value is -2.13. The summed E-state index contributed by atoms with van der Waals surface area (Å²) in [6.07, 6.45) is 3.53. The van der Waals surface area contributed by atoms with Crippen LogP contribution in [0.3, 0.4) is 0 Å². The van der Waals surface area contributed by atoms with Gasteiger partial charge in [-0.05, 0) is 50.4 Å². The number of carbonyl (C=O) groups is 1. The molecular weight excluding hydrogens is 310 g/mol. The van der Waals surface area contributed by atoms with Gasteiger partial charge in [-0.3, -0.25) is 4.90 Å². The van der Waals surface area contributed by atoms with E-state index in [1.807, 2.05) is 38.1 Å². The summed E-state index contributed by atoms with van der Waals surface area (Å²) >= 11 is 0. The number of likely N-dealkylation sites (tertiary alicyclic amines) is 1. The van der Waals surface area contributed by atoms with E-state index in [0.717, 1.165) is 18.7 Å². The van der Waals surface area contributed by atoms with Gasteiger partial charge in [0.1, 0.15) is 0 Å². The minimum atomic E-state index is -0.223. The van der Waals surface area contributed by atoms with Gasteiger partial charge in [0.2, 0.25) is 0 Å². The maximum Gasteiger partial charge on any atom is 0.338 e. The Balaban J connectivity index is 1.82. The van der Waals surface area contributed by atoms with Crippen molar-refractivity contribution in [3.8, 4) is 0 Å². The molecule has 0 spiro atoms. The third-order valence-corrected chi connectivity index (χ3v) is 4.75. The largest absolute Gasteiger partial charge is 0.459 e. The minimum Gasteiger partial charge on any atom is -0.459 e. The zero-order valence-electron chi connectivity index (χ0n) is 15.2. The Morgan fingerprint density at radius 1 is 1.08 bits per heavy atom. The first kappa shape index (κ1) is 17.7. The molecule has 0 amide bonds. The first-order valence-electron chi connectivity index (χ1n) is 9.23. The molecule has 132 valence electrons. The van der Waals surface area contributed by atoms with Gasteiger partial charge in [0.15, 0.2) is 0 Å². The second-order valence-electron chi connectivity index (χ2n) is 7.00. The number of rotatable bonds is 5. The molecule has 3 rings (SSSR count). The first-order valence-corrected chi connectivity index (χ1v) is 9.23. The lowest BCUT2D eigenvalue weighted by Crippen LogP contribution is -2.33. The van der Waals surface area contributed by atoms with Crippen LogP contribution in [0.2, 0.25) is 0 Å². The molecule has 1 aliphatic rings. The number of hydrogen-bond donors (Lipinski definition) is 0. The van der Waals surface area contributed by atoms with Gasteiger partial charge >= 0.3 is 5.97 Å². The third kappa shape index (κ3) is 4.49. The number of benzene rings is 2. The van der Waals surface area contributed by atoms with Crippen molar-refractivity contribution < 1.29 is 9.53 Å². The molecule has 1 fully saturated rings. The summed E-state index contributed by atoms with van der Waals surface area (Å²) in [7, 11) is 0. The Labute approximate surface area is 150 Å². The average molecular weight is 337 g/mol. The molecule has 0 N–H and O–H groups in total. The number of hydrogen-bond acceptors (Lipinski definition) is 3. The molecule has 2 aromatic rings. The Bertz CT molecular complexity index is 696. The van der Waals surface area contributed by atoms with Crippen molar-refractivity contribution in [1.82, 2.24) is 4.90 Å². The van der Waals surface area contributed by atoms with Crippen LogP contribution in [0.1, 0.15) is 60.6 Å². The van der Waals surface area contributed by atoms with Crippen molar-refractivity contribution in [2.24, 2.45) is 0 Å². The molecule has 2 aromatic carbocycles. The van der Waals surface area contributed by atoms with Crippen LogP contribution in [0.25, 0.3) is 0 Å². The van der Waals surface area contributed by atoms with Gasteiger partial charge in [0, 0.05) is 12.6 Å². The molecule has 0 aliphatic carbocycles. The third-order valence-electron chi connectivity index (χ3n) is 4.75.